The van der Waals surface area contributed by atoms with E-state index in [0.29, 0.717) is 12.1 Å². The Morgan fingerprint density at radius 3 is 2.69 bits per heavy atom. The minimum Gasteiger partial charge on any atom is -0.336 e. The van der Waals surface area contributed by atoms with Gasteiger partial charge in [0.25, 0.3) is 5.91 Å². The topological polar surface area (TPSA) is 63.9 Å². The first kappa shape index (κ1) is 16.4. The van der Waals surface area contributed by atoms with E-state index in [9.17, 15) is 4.79 Å². The van der Waals surface area contributed by atoms with E-state index in [1.54, 1.807) is 18.6 Å². The molecule has 1 saturated heterocycles. The van der Waals surface area contributed by atoms with Crippen LogP contribution in [0.5, 0.6) is 0 Å². The lowest BCUT2D eigenvalue weighted by molar-refractivity contribution is 0.0786. The first-order valence-electron chi connectivity index (χ1n) is 8.80. The van der Waals surface area contributed by atoms with Crippen molar-refractivity contribution in [3.05, 3.63) is 66.0 Å². The molecule has 4 rings (SSSR count). The van der Waals surface area contributed by atoms with E-state index < -0.39 is 0 Å². The van der Waals surface area contributed by atoms with Crippen molar-refractivity contribution in [1.29, 1.82) is 0 Å². The van der Waals surface area contributed by atoms with E-state index >= 15 is 0 Å². The Hall–Kier alpha value is -3.02. The standard InChI is InChI=1S/C20H21N5O/c1-14-12-23-19(16-5-9-21-10-6-16)25(14)17-7-11-24(13-17)20(26)18-4-3-8-22-15(18)2/h3-6,8-10,12,17H,7,11,13H2,1-2H3. The number of amides is 1. The molecule has 1 atom stereocenters. The van der Waals surface area contributed by atoms with Gasteiger partial charge >= 0.3 is 0 Å². The molecule has 0 radical (unpaired) electrons. The monoisotopic (exact) mass is 347 g/mol. The molecule has 6 nitrogen and oxygen atoms in total. The third-order valence-corrected chi connectivity index (χ3v) is 4.97. The number of rotatable bonds is 3. The predicted octanol–water partition coefficient (Wildman–Crippen LogP) is 3.04. The third kappa shape index (κ3) is 2.87. The molecule has 0 N–H and O–H groups in total. The average Bonchev–Trinajstić information content (AvgIpc) is 3.29. The normalized spacial score (nSPS) is 16.8. The van der Waals surface area contributed by atoms with Crippen LogP contribution < -0.4 is 0 Å². The minimum absolute atomic E-state index is 0.0568. The summed E-state index contributed by atoms with van der Waals surface area (Å²) in [4.78, 5) is 27.7. The highest BCUT2D eigenvalue weighted by atomic mass is 16.2. The number of hydrogen-bond acceptors (Lipinski definition) is 4. The molecule has 0 aromatic carbocycles. The number of aromatic nitrogens is 4. The summed E-state index contributed by atoms with van der Waals surface area (Å²) >= 11 is 0. The smallest absolute Gasteiger partial charge is 0.255 e. The Morgan fingerprint density at radius 1 is 1.12 bits per heavy atom. The van der Waals surface area contributed by atoms with Crippen LogP contribution in [0.1, 0.15) is 34.2 Å². The van der Waals surface area contributed by atoms with Gasteiger partial charge in [0.2, 0.25) is 0 Å². The molecule has 0 spiro atoms. The van der Waals surface area contributed by atoms with Crippen molar-refractivity contribution in [2.45, 2.75) is 26.3 Å². The fraction of sp³-hybridized carbons (Fsp3) is 0.300. The highest BCUT2D eigenvalue weighted by Gasteiger charge is 2.30. The molecule has 1 amide bonds. The molecule has 1 unspecified atom stereocenters. The fourth-order valence-corrected chi connectivity index (χ4v) is 3.64. The molecule has 1 fully saturated rings. The maximum atomic E-state index is 12.9. The molecule has 6 heteroatoms. The quantitative estimate of drug-likeness (QED) is 0.730. The summed E-state index contributed by atoms with van der Waals surface area (Å²) in [7, 11) is 0. The minimum atomic E-state index is 0.0568. The lowest BCUT2D eigenvalue weighted by Crippen LogP contribution is -2.30. The first-order valence-corrected chi connectivity index (χ1v) is 8.80. The van der Waals surface area contributed by atoms with Crippen LogP contribution in [0.4, 0.5) is 0 Å². The summed E-state index contributed by atoms with van der Waals surface area (Å²) in [5.74, 6) is 0.989. The van der Waals surface area contributed by atoms with Crippen molar-refractivity contribution in [2.75, 3.05) is 13.1 Å². The van der Waals surface area contributed by atoms with E-state index in [0.717, 1.165) is 35.7 Å². The summed E-state index contributed by atoms with van der Waals surface area (Å²) in [6.07, 6.45) is 8.08. The third-order valence-electron chi connectivity index (χ3n) is 4.97. The zero-order chi connectivity index (χ0) is 18.1. The Balaban J connectivity index is 1.60. The summed E-state index contributed by atoms with van der Waals surface area (Å²) in [5, 5.41) is 0. The number of nitrogens with zero attached hydrogens (tertiary/aromatic N) is 5. The predicted molar refractivity (Wildman–Crippen MR) is 98.7 cm³/mol. The van der Waals surface area contributed by atoms with Crippen molar-refractivity contribution in [1.82, 2.24) is 24.4 Å². The first-order chi connectivity index (χ1) is 12.6. The van der Waals surface area contributed by atoms with Crippen LogP contribution in [0.3, 0.4) is 0 Å². The SMILES string of the molecule is Cc1ncccc1C(=O)N1CCC(n2c(C)cnc2-c2ccncc2)C1. The van der Waals surface area contributed by atoms with Crippen LogP contribution in [-0.4, -0.2) is 43.4 Å². The highest BCUT2D eigenvalue weighted by molar-refractivity contribution is 5.95. The van der Waals surface area contributed by atoms with E-state index in [1.807, 2.05) is 42.3 Å². The zero-order valence-electron chi connectivity index (χ0n) is 15.0. The number of imidazole rings is 1. The molecule has 4 heterocycles. The van der Waals surface area contributed by atoms with Gasteiger partial charge in [-0.2, -0.15) is 0 Å². The maximum Gasteiger partial charge on any atom is 0.255 e. The van der Waals surface area contributed by atoms with E-state index in [-0.39, 0.29) is 11.9 Å². The van der Waals surface area contributed by atoms with Gasteiger partial charge in [0.1, 0.15) is 5.82 Å². The number of likely N-dealkylation sites (tertiary alicyclic amines) is 1. The molecule has 1 aliphatic heterocycles. The van der Waals surface area contributed by atoms with Gasteiger partial charge in [-0.05, 0) is 44.5 Å². The van der Waals surface area contributed by atoms with Gasteiger partial charge in [-0.15, -0.1) is 0 Å². The molecule has 0 saturated carbocycles. The van der Waals surface area contributed by atoms with Gasteiger partial charge in [-0.25, -0.2) is 4.98 Å². The molecular formula is C20H21N5O. The van der Waals surface area contributed by atoms with Crippen LogP contribution in [0.2, 0.25) is 0 Å². The van der Waals surface area contributed by atoms with Gasteiger partial charge in [0, 0.05) is 54.8 Å². The second kappa shape index (κ2) is 6.71. The Kier molecular flexibility index (Phi) is 4.24. The number of pyridine rings is 2. The Morgan fingerprint density at radius 2 is 1.92 bits per heavy atom. The van der Waals surface area contributed by atoms with Crippen molar-refractivity contribution in [3.8, 4) is 11.4 Å². The number of aryl methyl sites for hydroxylation is 2. The Labute approximate surface area is 152 Å². The van der Waals surface area contributed by atoms with Gasteiger partial charge in [0.05, 0.1) is 11.6 Å². The van der Waals surface area contributed by atoms with Gasteiger partial charge in [0.15, 0.2) is 0 Å². The van der Waals surface area contributed by atoms with Crippen LogP contribution in [-0.2, 0) is 0 Å². The van der Waals surface area contributed by atoms with Gasteiger partial charge < -0.3 is 9.47 Å². The lowest BCUT2D eigenvalue weighted by Gasteiger charge is -2.20. The number of carbonyl (C=O) groups excluding carboxylic acids is 1. The van der Waals surface area contributed by atoms with Crippen molar-refractivity contribution in [3.63, 3.8) is 0 Å². The Bertz CT molecular complexity index is 934. The van der Waals surface area contributed by atoms with Gasteiger partial charge in [-0.3, -0.25) is 14.8 Å². The summed E-state index contributed by atoms with van der Waals surface area (Å²) in [6.45, 7) is 5.36. The molecule has 26 heavy (non-hydrogen) atoms. The highest BCUT2D eigenvalue weighted by Crippen LogP contribution is 2.30. The van der Waals surface area contributed by atoms with Crippen molar-refractivity contribution in [2.24, 2.45) is 0 Å². The molecule has 3 aromatic rings. The van der Waals surface area contributed by atoms with Crippen molar-refractivity contribution >= 4 is 5.91 Å². The average molecular weight is 347 g/mol. The second-order valence-corrected chi connectivity index (χ2v) is 6.66. The number of hydrogen-bond donors (Lipinski definition) is 0. The van der Waals surface area contributed by atoms with Crippen LogP contribution >= 0.6 is 0 Å². The van der Waals surface area contributed by atoms with E-state index in [1.165, 1.54) is 0 Å². The molecule has 1 aliphatic rings. The molecule has 3 aromatic heterocycles. The summed E-state index contributed by atoms with van der Waals surface area (Å²) in [6, 6.07) is 7.82. The lowest BCUT2D eigenvalue weighted by atomic mass is 10.2. The molecular weight excluding hydrogens is 326 g/mol. The van der Waals surface area contributed by atoms with Crippen LogP contribution in [0, 0.1) is 13.8 Å². The maximum absolute atomic E-state index is 12.9. The van der Waals surface area contributed by atoms with Crippen LogP contribution in [0.15, 0.2) is 49.1 Å². The van der Waals surface area contributed by atoms with E-state index in [2.05, 4.69) is 26.4 Å². The molecule has 132 valence electrons. The van der Waals surface area contributed by atoms with Crippen molar-refractivity contribution < 1.29 is 4.79 Å². The molecule has 0 bridgehead atoms. The number of carbonyl (C=O) groups is 1. The summed E-state index contributed by atoms with van der Waals surface area (Å²) < 4.78 is 2.25. The fourth-order valence-electron chi connectivity index (χ4n) is 3.64. The largest absolute Gasteiger partial charge is 0.336 e. The zero-order valence-corrected chi connectivity index (χ0v) is 15.0. The van der Waals surface area contributed by atoms with Crippen LogP contribution in [0.25, 0.3) is 11.4 Å². The molecule has 0 aliphatic carbocycles. The van der Waals surface area contributed by atoms with Gasteiger partial charge in [-0.1, -0.05) is 0 Å². The summed E-state index contributed by atoms with van der Waals surface area (Å²) in [5.41, 5.74) is 3.61. The second-order valence-electron chi connectivity index (χ2n) is 6.66. The van der Waals surface area contributed by atoms with E-state index in [4.69, 9.17) is 0 Å².